The number of carbonyl (C=O) groups excluding carboxylic acids is 1. The van der Waals surface area contributed by atoms with Gasteiger partial charge in [-0.05, 0) is 43.7 Å². The molecular formula is C19H18ClN3O2S. The number of aryl methyl sites for hydroxylation is 2. The summed E-state index contributed by atoms with van der Waals surface area (Å²) in [6.07, 6.45) is 0. The highest BCUT2D eigenvalue weighted by Gasteiger charge is 2.12. The molecule has 0 fully saturated rings. The van der Waals surface area contributed by atoms with Crippen LogP contribution in [0.1, 0.15) is 16.7 Å². The standard InChI is InChI=1S/C19H18ClN3O2S/c1-12-6-13(2)8-15(7-12)18-22-23-19(25-18)26-11-17(24)21-10-14-4-3-5-16(20)9-14/h3-9H,10-11H2,1-2H3,(H,21,24). The van der Waals surface area contributed by atoms with E-state index in [1.54, 1.807) is 6.07 Å². The lowest BCUT2D eigenvalue weighted by Gasteiger charge is -2.04. The molecule has 5 nitrogen and oxygen atoms in total. The third-order valence-corrected chi connectivity index (χ3v) is 4.63. The summed E-state index contributed by atoms with van der Waals surface area (Å²) in [5, 5.41) is 11.9. The number of aromatic nitrogens is 2. The average molecular weight is 388 g/mol. The van der Waals surface area contributed by atoms with Crippen LogP contribution in [0.25, 0.3) is 11.5 Å². The van der Waals surface area contributed by atoms with E-state index >= 15 is 0 Å². The summed E-state index contributed by atoms with van der Waals surface area (Å²) in [5.74, 6) is 0.550. The molecule has 0 aliphatic rings. The van der Waals surface area contributed by atoms with Crippen molar-refractivity contribution in [3.8, 4) is 11.5 Å². The van der Waals surface area contributed by atoms with Crippen molar-refractivity contribution >= 4 is 29.3 Å². The predicted molar refractivity (Wildman–Crippen MR) is 103 cm³/mol. The third-order valence-electron chi connectivity index (χ3n) is 3.58. The summed E-state index contributed by atoms with van der Waals surface area (Å²) < 4.78 is 5.65. The van der Waals surface area contributed by atoms with Crippen molar-refractivity contribution in [3.63, 3.8) is 0 Å². The minimum Gasteiger partial charge on any atom is -0.411 e. The van der Waals surface area contributed by atoms with Crippen molar-refractivity contribution in [1.29, 1.82) is 0 Å². The van der Waals surface area contributed by atoms with E-state index in [0.29, 0.717) is 22.7 Å². The van der Waals surface area contributed by atoms with E-state index in [2.05, 4.69) is 21.6 Å². The second-order valence-electron chi connectivity index (χ2n) is 5.94. The molecule has 3 aromatic rings. The molecule has 2 aromatic carbocycles. The van der Waals surface area contributed by atoms with E-state index < -0.39 is 0 Å². The first-order valence-corrected chi connectivity index (χ1v) is 9.42. The van der Waals surface area contributed by atoms with Gasteiger partial charge in [-0.2, -0.15) is 0 Å². The van der Waals surface area contributed by atoms with Gasteiger partial charge in [-0.1, -0.05) is 52.7 Å². The molecule has 0 atom stereocenters. The van der Waals surface area contributed by atoms with Gasteiger partial charge in [0.25, 0.3) is 5.22 Å². The van der Waals surface area contributed by atoms with Crippen LogP contribution in [0.15, 0.2) is 52.1 Å². The van der Waals surface area contributed by atoms with E-state index in [9.17, 15) is 4.79 Å². The van der Waals surface area contributed by atoms with E-state index in [1.165, 1.54) is 11.8 Å². The molecule has 0 radical (unpaired) electrons. The summed E-state index contributed by atoms with van der Waals surface area (Å²) >= 11 is 7.14. The molecule has 0 saturated carbocycles. The van der Waals surface area contributed by atoms with Gasteiger partial charge in [0.05, 0.1) is 5.75 Å². The fourth-order valence-corrected chi connectivity index (χ4v) is 3.31. The van der Waals surface area contributed by atoms with Gasteiger partial charge < -0.3 is 9.73 Å². The highest BCUT2D eigenvalue weighted by molar-refractivity contribution is 7.99. The molecule has 3 rings (SSSR count). The van der Waals surface area contributed by atoms with Gasteiger partial charge in [0.1, 0.15) is 0 Å². The van der Waals surface area contributed by atoms with Crippen molar-refractivity contribution in [2.75, 3.05) is 5.75 Å². The molecule has 0 spiro atoms. The van der Waals surface area contributed by atoms with E-state index in [1.807, 2.05) is 44.2 Å². The van der Waals surface area contributed by atoms with Gasteiger partial charge in [-0.15, -0.1) is 10.2 Å². The van der Waals surface area contributed by atoms with Crippen LogP contribution in [-0.4, -0.2) is 21.9 Å². The molecule has 1 heterocycles. The monoisotopic (exact) mass is 387 g/mol. The summed E-state index contributed by atoms with van der Waals surface area (Å²) in [5.41, 5.74) is 4.10. The van der Waals surface area contributed by atoms with Crippen molar-refractivity contribution in [2.45, 2.75) is 25.6 Å². The second kappa shape index (κ2) is 8.38. The second-order valence-corrected chi connectivity index (χ2v) is 7.31. The Bertz CT molecular complexity index is 906. The zero-order valence-electron chi connectivity index (χ0n) is 14.5. The Morgan fingerprint density at radius 2 is 1.92 bits per heavy atom. The molecule has 0 bridgehead atoms. The van der Waals surface area contributed by atoms with Crippen LogP contribution in [0.4, 0.5) is 0 Å². The zero-order valence-corrected chi connectivity index (χ0v) is 16.0. The molecule has 1 amide bonds. The van der Waals surface area contributed by atoms with E-state index in [0.717, 1.165) is 22.3 Å². The van der Waals surface area contributed by atoms with Gasteiger partial charge in [0.2, 0.25) is 11.8 Å². The Balaban J connectivity index is 1.53. The molecule has 134 valence electrons. The number of hydrogen-bond donors (Lipinski definition) is 1. The number of hydrogen-bond acceptors (Lipinski definition) is 5. The summed E-state index contributed by atoms with van der Waals surface area (Å²) in [6.45, 7) is 4.47. The zero-order chi connectivity index (χ0) is 18.5. The van der Waals surface area contributed by atoms with E-state index in [-0.39, 0.29) is 11.7 Å². The lowest BCUT2D eigenvalue weighted by molar-refractivity contribution is -0.118. The van der Waals surface area contributed by atoms with Crippen LogP contribution in [0.3, 0.4) is 0 Å². The van der Waals surface area contributed by atoms with Crippen molar-refractivity contribution in [1.82, 2.24) is 15.5 Å². The highest BCUT2D eigenvalue weighted by Crippen LogP contribution is 2.24. The van der Waals surface area contributed by atoms with Crippen LogP contribution < -0.4 is 5.32 Å². The van der Waals surface area contributed by atoms with Crippen LogP contribution >= 0.6 is 23.4 Å². The van der Waals surface area contributed by atoms with Crippen LogP contribution in [0, 0.1) is 13.8 Å². The first-order valence-electron chi connectivity index (χ1n) is 8.06. The molecule has 1 N–H and O–H groups in total. The minimum absolute atomic E-state index is 0.110. The molecule has 0 unspecified atom stereocenters. The third kappa shape index (κ3) is 5.09. The fraction of sp³-hybridized carbons (Fsp3) is 0.211. The van der Waals surface area contributed by atoms with Gasteiger partial charge in [-0.25, -0.2) is 0 Å². The van der Waals surface area contributed by atoms with Crippen LogP contribution in [0.2, 0.25) is 5.02 Å². The van der Waals surface area contributed by atoms with Crippen molar-refractivity contribution in [2.24, 2.45) is 0 Å². The lowest BCUT2D eigenvalue weighted by atomic mass is 10.1. The van der Waals surface area contributed by atoms with E-state index in [4.69, 9.17) is 16.0 Å². The quantitative estimate of drug-likeness (QED) is 0.634. The Morgan fingerprint density at radius 1 is 1.15 bits per heavy atom. The molecular weight excluding hydrogens is 370 g/mol. The fourth-order valence-electron chi connectivity index (χ4n) is 2.51. The number of halogens is 1. The van der Waals surface area contributed by atoms with Gasteiger partial charge in [-0.3, -0.25) is 4.79 Å². The molecule has 0 aliphatic heterocycles. The topological polar surface area (TPSA) is 68.0 Å². The predicted octanol–water partition coefficient (Wildman–Crippen LogP) is 4.42. The SMILES string of the molecule is Cc1cc(C)cc(-c2nnc(SCC(=O)NCc3cccc(Cl)c3)o2)c1. The average Bonchev–Trinajstić information content (AvgIpc) is 3.06. The summed E-state index contributed by atoms with van der Waals surface area (Å²) in [4.78, 5) is 12.0. The van der Waals surface area contributed by atoms with Crippen LogP contribution in [-0.2, 0) is 11.3 Å². The Labute approximate surface area is 161 Å². The molecule has 0 aliphatic carbocycles. The first-order chi connectivity index (χ1) is 12.5. The smallest absolute Gasteiger partial charge is 0.277 e. The van der Waals surface area contributed by atoms with Crippen molar-refractivity contribution in [3.05, 3.63) is 64.2 Å². The first kappa shape index (κ1) is 18.5. The maximum atomic E-state index is 12.0. The number of nitrogens with one attached hydrogen (secondary N) is 1. The Morgan fingerprint density at radius 3 is 2.65 bits per heavy atom. The van der Waals surface area contributed by atoms with Gasteiger partial charge in [0, 0.05) is 17.1 Å². The lowest BCUT2D eigenvalue weighted by Crippen LogP contribution is -2.24. The Kier molecular flexibility index (Phi) is 5.96. The number of benzene rings is 2. The maximum absolute atomic E-state index is 12.0. The Hall–Kier alpha value is -2.31. The summed E-state index contributed by atoms with van der Waals surface area (Å²) in [7, 11) is 0. The minimum atomic E-state index is -0.110. The number of rotatable bonds is 6. The number of nitrogens with zero attached hydrogens (tertiary/aromatic N) is 2. The van der Waals surface area contributed by atoms with Crippen LogP contribution in [0.5, 0.6) is 0 Å². The number of carbonyl (C=O) groups is 1. The van der Waals surface area contributed by atoms with Gasteiger partial charge >= 0.3 is 0 Å². The largest absolute Gasteiger partial charge is 0.411 e. The summed E-state index contributed by atoms with van der Waals surface area (Å²) in [6, 6.07) is 13.5. The maximum Gasteiger partial charge on any atom is 0.277 e. The normalized spacial score (nSPS) is 10.7. The number of amides is 1. The molecule has 26 heavy (non-hydrogen) atoms. The molecule has 1 aromatic heterocycles. The van der Waals surface area contributed by atoms with Gasteiger partial charge in [0.15, 0.2) is 0 Å². The number of thioether (sulfide) groups is 1. The molecule has 7 heteroatoms. The van der Waals surface area contributed by atoms with Crippen molar-refractivity contribution < 1.29 is 9.21 Å². The molecule has 0 saturated heterocycles. The highest BCUT2D eigenvalue weighted by atomic mass is 35.5.